The average Bonchev–Trinajstić information content (AvgIpc) is 1.80. The summed E-state index contributed by atoms with van der Waals surface area (Å²) in [5.74, 6) is 0. The number of aromatic amines is 1. The van der Waals surface area contributed by atoms with E-state index < -0.39 is 0 Å². The summed E-state index contributed by atoms with van der Waals surface area (Å²) < 4.78 is 0.714. The molecule has 0 amide bonds. The van der Waals surface area contributed by atoms with Gasteiger partial charge in [-0.15, -0.1) is 0 Å². The van der Waals surface area contributed by atoms with Gasteiger partial charge < -0.3 is 10.7 Å². The third-order valence-electron chi connectivity index (χ3n) is 1.09. The number of nitrogen functional groups attached to an aromatic ring is 1. The normalized spacial score (nSPS) is 9.44. The molecule has 0 aliphatic carbocycles. The zero-order valence-electron chi connectivity index (χ0n) is 5.14. The molecule has 0 radical (unpaired) electrons. The molecule has 0 fully saturated rings. The van der Waals surface area contributed by atoms with E-state index in [2.05, 4.69) is 4.98 Å². The zero-order valence-corrected chi connectivity index (χ0v) is 5.96. The lowest BCUT2D eigenvalue weighted by Crippen LogP contribution is -1.88. The van der Waals surface area contributed by atoms with Crippen LogP contribution in [0.2, 0.25) is 0 Å². The van der Waals surface area contributed by atoms with Crippen LogP contribution in [0, 0.1) is 11.4 Å². The number of rotatable bonds is 0. The van der Waals surface area contributed by atoms with Crippen molar-refractivity contribution in [2.45, 2.75) is 6.92 Å². The van der Waals surface area contributed by atoms with Gasteiger partial charge in [-0.25, -0.2) is 0 Å². The van der Waals surface area contributed by atoms with E-state index >= 15 is 0 Å². The summed E-state index contributed by atoms with van der Waals surface area (Å²) in [7, 11) is 0. The van der Waals surface area contributed by atoms with E-state index in [1.807, 2.05) is 13.0 Å². The molecular weight excluding hydrogens is 132 g/mol. The third-order valence-corrected chi connectivity index (χ3v) is 1.44. The summed E-state index contributed by atoms with van der Waals surface area (Å²) in [6, 6.07) is 1.84. The molecule has 1 aromatic heterocycles. The van der Waals surface area contributed by atoms with Gasteiger partial charge in [-0.3, -0.25) is 0 Å². The largest absolute Gasteiger partial charge is 0.396 e. The first-order chi connectivity index (χ1) is 4.20. The van der Waals surface area contributed by atoms with Crippen molar-refractivity contribution in [1.29, 1.82) is 0 Å². The van der Waals surface area contributed by atoms with Crippen LogP contribution >= 0.6 is 12.2 Å². The molecule has 0 bridgehead atoms. The Morgan fingerprint density at radius 1 is 1.67 bits per heavy atom. The summed E-state index contributed by atoms with van der Waals surface area (Å²) in [6.45, 7) is 1.94. The lowest BCUT2D eigenvalue weighted by Gasteiger charge is -1.93. The van der Waals surface area contributed by atoms with Crippen LogP contribution in [0.15, 0.2) is 12.3 Å². The van der Waals surface area contributed by atoms with Crippen molar-refractivity contribution in [3.8, 4) is 0 Å². The van der Waals surface area contributed by atoms with Gasteiger partial charge in [0.1, 0.15) is 0 Å². The Hall–Kier alpha value is -0.830. The van der Waals surface area contributed by atoms with Crippen molar-refractivity contribution in [1.82, 2.24) is 4.98 Å². The molecule has 0 atom stereocenters. The Labute approximate surface area is 58.7 Å². The van der Waals surface area contributed by atoms with E-state index in [4.69, 9.17) is 18.0 Å². The number of aromatic nitrogens is 1. The predicted octanol–water partition coefficient (Wildman–Crippen LogP) is 1.63. The fraction of sp³-hybridized carbons (Fsp3) is 0.167. The monoisotopic (exact) mass is 140 g/mol. The van der Waals surface area contributed by atoms with Gasteiger partial charge >= 0.3 is 0 Å². The van der Waals surface area contributed by atoms with E-state index in [0.29, 0.717) is 10.2 Å². The van der Waals surface area contributed by atoms with Crippen molar-refractivity contribution in [3.05, 3.63) is 22.5 Å². The smallest absolute Gasteiger partial charge is 0.0661 e. The van der Waals surface area contributed by atoms with Crippen LogP contribution in [0.25, 0.3) is 0 Å². The number of nitrogens with two attached hydrogens (primary N) is 1. The maximum atomic E-state index is 5.45. The Morgan fingerprint density at radius 3 is 2.78 bits per heavy atom. The number of anilines is 1. The number of H-pyrrole nitrogens is 1. The van der Waals surface area contributed by atoms with Gasteiger partial charge in [0.15, 0.2) is 0 Å². The van der Waals surface area contributed by atoms with Crippen molar-refractivity contribution in [2.75, 3.05) is 5.73 Å². The molecule has 3 heteroatoms. The Kier molecular flexibility index (Phi) is 1.53. The highest BCUT2D eigenvalue weighted by molar-refractivity contribution is 7.71. The van der Waals surface area contributed by atoms with E-state index in [1.54, 1.807) is 6.20 Å². The molecule has 0 aliphatic rings. The van der Waals surface area contributed by atoms with Crippen LogP contribution in [0.4, 0.5) is 5.69 Å². The van der Waals surface area contributed by atoms with Gasteiger partial charge in [-0.05, 0) is 13.0 Å². The molecule has 0 spiro atoms. The van der Waals surface area contributed by atoms with E-state index in [9.17, 15) is 0 Å². The van der Waals surface area contributed by atoms with Crippen molar-refractivity contribution in [3.63, 3.8) is 0 Å². The minimum atomic E-state index is 0.635. The second-order valence-corrected chi connectivity index (χ2v) is 2.38. The highest BCUT2D eigenvalue weighted by atomic mass is 32.1. The van der Waals surface area contributed by atoms with E-state index in [-0.39, 0.29) is 0 Å². The molecule has 2 nitrogen and oxygen atoms in total. The number of nitrogens with one attached hydrogen (secondary N) is 1. The lowest BCUT2D eigenvalue weighted by molar-refractivity contribution is 1.20. The molecule has 0 aliphatic heterocycles. The lowest BCUT2D eigenvalue weighted by atomic mass is 10.3. The first kappa shape index (κ1) is 6.29. The number of hydrogen-bond donors (Lipinski definition) is 2. The minimum absolute atomic E-state index is 0.635. The molecule has 9 heavy (non-hydrogen) atoms. The number of pyridine rings is 1. The summed E-state index contributed by atoms with van der Waals surface area (Å²) in [6.07, 6.45) is 1.71. The fourth-order valence-corrected chi connectivity index (χ4v) is 0.820. The molecule has 1 heterocycles. The third kappa shape index (κ3) is 1.29. The van der Waals surface area contributed by atoms with Crippen LogP contribution in [-0.2, 0) is 0 Å². The van der Waals surface area contributed by atoms with Gasteiger partial charge in [-0.2, -0.15) is 0 Å². The number of aryl methyl sites for hydroxylation is 1. The van der Waals surface area contributed by atoms with Crippen molar-refractivity contribution in [2.24, 2.45) is 0 Å². The molecule has 0 unspecified atom stereocenters. The predicted molar refractivity (Wildman–Crippen MR) is 40.8 cm³/mol. The maximum absolute atomic E-state index is 5.45. The summed E-state index contributed by atoms with van der Waals surface area (Å²) >= 11 is 4.90. The molecule has 1 rings (SSSR count). The van der Waals surface area contributed by atoms with E-state index in [0.717, 1.165) is 5.69 Å². The SMILES string of the molecule is Cc1cc(=S)c(N)c[nH]1. The highest BCUT2D eigenvalue weighted by Crippen LogP contribution is 2.03. The Balaban J connectivity index is 3.34. The molecular formula is C6H8N2S. The molecule has 3 N–H and O–H groups in total. The van der Waals surface area contributed by atoms with E-state index in [1.165, 1.54) is 0 Å². The molecule has 0 saturated heterocycles. The van der Waals surface area contributed by atoms with Crippen LogP contribution in [0.1, 0.15) is 5.69 Å². The second kappa shape index (κ2) is 2.19. The first-order valence-corrected chi connectivity index (χ1v) is 3.06. The summed E-state index contributed by atoms with van der Waals surface area (Å²) in [5, 5.41) is 0. The second-order valence-electron chi connectivity index (χ2n) is 1.94. The molecule has 48 valence electrons. The molecule has 0 aromatic carbocycles. The van der Waals surface area contributed by atoms with Crippen molar-refractivity contribution < 1.29 is 0 Å². The Morgan fingerprint density at radius 2 is 2.33 bits per heavy atom. The van der Waals surface area contributed by atoms with Gasteiger partial charge in [-0.1, -0.05) is 12.2 Å². The van der Waals surface area contributed by atoms with Crippen LogP contribution in [-0.4, -0.2) is 4.98 Å². The fourth-order valence-electron chi connectivity index (χ4n) is 0.584. The maximum Gasteiger partial charge on any atom is 0.0661 e. The average molecular weight is 140 g/mol. The van der Waals surface area contributed by atoms with Crippen LogP contribution < -0.4 is 5.73 Å². The minimum Gasteiger partial charge on any atom is -0.396 e. The van der Waals surface area contributed by atoms with Gasteiger partial charge in [0.2, 0.25) is 0 Å². The zero-order chi connectivity index (χ0) is 6.85. The van der Waals surface area contributed by atoms with Gasteiger partial charge in [0.05, 0.1) is 10.2 Å². The number of hydrogen-bond acceptors (Lipinski definition) is 2. The van der Waals surface area contributed by atoms with Gasteiger partial charge in [0, 0.05) is 11.9 Å². The standard InChI is InChI=1S/C6H8N2S/c1-4-2-6(9)5(7)3-8-4/h2-3H,7H2,1H3,(H,8,9). The quantitative estimate of drug-likeness (QED) is 0.538. The van der Waals surface area contributed by atoms with Crippen LogP contribution in [0.3, 0.4) is 0 Å². The summed E-state index contributed by atoms with van der Waals surface area (Å²) in [5.41, 5.74) is 7.12. The van der Waals surface area contributed by atoms with Crippen LogP contribution in [0.5, 0.6) is 0 Å². The summed E-state index contributed by atoms with van der Waals surface area (Å²) in [4.78, 5) is 2.95. The van der Waals surface area contributed by atoms with Gasteiger partial charge in [0.25, 0.3) is 0 Å². The first-order valence-electron chi connectivity index (χ1n) is 2.65. The highest BCUT2D eigenvalue weighted by Gasteiger charge is 1.86. The molecule has 1 aromatic rings. The van der Waals surface area contributed by atoms with Crippen molar-refractivity contribution >= 4 is 17.9 Å². The Bertz CT molecular complexity index is 264. The molecule has 0 saturated carbocycles. The topological polar surface area (TPSA) is 41.8 Å².